The topological polar surface area (TPSA) is 101 Å². The average molecular weight is 463 g/mol. The molecule has 1 aliphatic heterocycles. The number of amides is 1. The van der Waals surface area contributed by atoms with E-state index >= 15 is 0 Å². The van der Waals surface area contributed by atoms with Crippen molar-refractivity contribution in [2.45, 2.75) is 22.3 Å². The first-order valence-corrected chi connectivity index (χ1v) is 12.3. The van der Waals surface area contributed by atoms with Gasteiger partial charge in [-0.3, -0.25) is 14.4 Å². The standard InChI is InChI=1S/C19H18N4O4S3/c1-2-28-19-22-21-18(29-19)20-17(24)16-12-23(14-10-6-7-11-15(14)27-16)30(25,26)13-8-4-3-5-9-13/h3-11,16H,2,12H2,1H3,(H,20,21,24). The highest BCUT2D eigenvalue weighted by molar-refractivity contribution is 8.01. The second-order valence-electron chi connectivity index (χ2n) is 6.22. The number of ether oxygens (including phenoxy) is 1. The molecule has 0 saturated heterocycles. The molecular formula is C19H18N4O4S3. The molecule has 0 spiro atoms. The molecule has 2 aromatic carbocycles. The Labute approximate surface area is 182 Å². The van der Waals surface area contributed by atoms with E-state index < -0.39 is 22.0 Å². The number of anilines is 2. The molecule has 11 heteroatoms. The van der Waals surface area contributed by atoms with Crippen LogP contribution < -0.4 is 14.4 Å². The second-order valence-corrected chi connectivity index (χ2v) is 10.6. The number of sulfonamides is 1. The summed E-state index contributed by atoms with van der Waals surface area (Å²) >= 11 is 2.79. The van der Waals surface area contributed by atoms with Crippen molar-refractivity contribution in [2.75, 3.05) is 21.9 Å². The molecule has 4 rings (SSSR count). The Morgan fingerprint density at radius 3 is 2.70 bits per heavy atom. The van der Waals surface area contributed by atoms with Crippen LogP contribution in [0.15, 0.2) is 63.8 Å². The third kappa shape index (κ3) is 4.13. The number of hydrogen-bond donors (Lipinski definition) is 1. The SMILES string of the molecule is CCSc1nnc(NC(=O)C2CN(S(=O)(=O)c3ccccc3)c3ccccc3O2)s1. The zero-order chi connectivity index (χ0) is 21.1. The number of nitrogens with zero attached hydrogens (tertiary/aromatic N) is 3. The van der Waals surface area contributed by atoms with Gasteiger partial charge in [-0.2, -0.15) is 0 Å². The maximum Gasteiger partial charge on any atom is 0.269 e. The fraction of sp³-hybridized carbons (Fsp3) is 0.211. The highest BCUT2D eigenvalue weighted by Crippen LogP contribution is 2.37. The molecule has 1 N–H and O–H groups in total. The average Bonchev–Trinajstić information content (AvgIpc) is 3.20. The van der Waals surface area contributed by atoms with E-state index in [2.05, 4.69) is 15.5 Å². The summed E-state index contributed by atoms with van der Waals surface area (Å²) in [7, 11) is -3.87. The second kappa shape index (κ2) is 8.62. The van der Waals surface area contributed by atoms with Crippen LogP contribution in [0.4, 0.5) is 10.8 Å². The van der Waals surface area contributed by atoms with E-state index in [4.69, 9.17) is 4.74 Å². The highest BCUT2D eigenvalue weighted by atomic mass is 32.2. The van der Waals surface area contributed by atoms with Gasteiger partial charge in [-0.1, -0.05) is 60.4 Å². The lowest BCUT2D eigenvalue weighted by atomic mass is 10.2. The molecule has 8 nitrogen and oxygen atoms in total. The number of nitrogens with one attached hydrogen (secondary N) is 1. The number of carbonyl (C=O) groups is 1. The smallest absolute Gasteiger partial charge is 0.269 e. The summed E-state index contributed by atoms with van der Waals surface area (Å²) in [6.45, 7) is 1.84. The predicted octanol–water partition coefficient (Wildman–Crippen LogP) is 3.25. The van der Waals surface area contributed by atoms with E-state index in [1.165, 1.54) is 39.5 Å². The molecule has 156 valence electrons. The molecule has 1 aromatic heterocycles. The van der Waals surface area contributed by atoms with E-state index in [0.29, 0.717) is 16.6 Å². The summed E-state index contributed by atoms with van der Waals surface area (Å²) < 4.78 is 34.3. The number of carbonyl (C=O) groups excluding carboxylic acids is 1. The van der Waals surface area contributed by atoms with E-state index in [-0.39, 0.29) is 11.4 Å². The highest BCUT2D eigenvalue weighted by Gasteiger charge is 2.37. The number of aromatic nitrogens is 2. The minimum absolute atomic E-state index is 0.145. The monoisotopic (exact) mass is 462 g/mol. The Morgan fingerprint density at radius 1 is 1.20 bits per heavy atom. The lowest BCUT2D eigenvalue weighted by Crippen LogP contribution is -2.48. The predicted molar refractivity (Wildman–Crippen MR) is 117 cm³/mol. The molecular weight excluding hydrogens is 444 g/mol. The van der Waals surface area contributed by atoms with Crippen LogP contribution in [-0.4, -0.2) is 42.9 Å². The summed E-state index contributed by atoms with van der Waals surface area (Å²) in [5.41, 5.74) is 0.392. The van der Waals surface area contributed by atoms with E-state index in [1.54, 1.807) is 42.5 Å². The fourth-order valence-corrected chi connectivity index (χ4v) is 6.06. The molecule has 3 aromatic rings. The summed E-state index contributed by atoms with van der Waals surface area (Å²) in [5.74, 6) is 0.682. The van der Waals surface area contributed by atoms with Crippen molar-refractivity contribution in [3.05, 3.63) is 54.6 Å². The fourth-order valence-electron chi connectivity index (χ4n) is 2.91. The molecule has 0 aliphatic carbocycles. The number of rotatable bonds is 6. The van der Waals surface area contributed by atoms with E-state index in [1.807, 2.05) is 6.92 Å². The van der Waals surface area contributed by atoms with Gasteiger partial charge >= 0.3 is 0 Å². The minimum atomic E-state index is -3.87. The van der Waals surface area contributed by atoms with E-state index in [0.717, 1.165) is 10.1 Å². The summed E-state index contributed by atoms with van der Waals surface area (Å²) in [4.78, 5) is 13.0. The van der Waals surface area contributed by atoms with Crippen LogP contribution in [0.25, 0.3) is 0 Å². The number of benzene rings is 2. The van der Waals surface area contributed by atoms with Crippen molar-refractivity contribution in [3.63, 3.8) is 0 Å². The van der Waals surface area contributed by atoms with Crippen molar-refractivity contribution in [2.24, 2.45) is 0 Å². The van der Waals surface area contributed by atoms with Crippen LogP contribution >= 0.6 is 23.1 Å². The van der Waals surface area contributed by atoms with Gasteiger partial charge in [0.15, 0.2) is 10.4 Å². The summed E-state index contributed by atoms with van der Waals surface area (Å²) in [5, 5.41) is 11.0. The van der Waals surface area contributed by atoms with Gasteiger partial charge < -0.3 is 4.74 Å². The van der Waals surface area contributed by atoms with Gasteiger partial charge in [0.1, 0.15) is 5.75 Å². The van der Waals surface area contributed by atoms with Crippen LogP contribution in [0.2, 0.25) is 0 Å². The molecule has 1 atom stereocenters. The van der Waals surface area contributed by atoms with Crippen LogP contribution in [0.5, 0.6) is 5.75 Å². The minimum Gasteiger partial charge on any atom is -0.476 e. The maximum atomic E-state index is 13.3. The molecule has 1 aliphatic rings. The first-order chi connectivity index (χ1) is 14.5. The van der Waals surface area contributed by atoms with Crippen molar-refractivity contribution >= 4 is 49.8 Å². The Hall–Kier alpha value is -2.63. The summed E-state index contributed by atoms with van der Waals surface area (Å²) in [6, 6.07) is 14.9. The molecule has 30 heavy (non-hydrogen) atoms. The van der Waals surface area contributed by atoms with Crippen molar-refractivity contribution in [3.8, 4) is 5.75 Å². The van der Waals surface area contributed by atoms with Gasteiger partial charge in [0.25, 0.3) is 15.9 Å². The molecule has 1 amide bonds. The van der Waals surface area contributed by atoms with Gasteiger partial charge in [-0.15, -0.1) is 10.2 Å². The van der Waals surface area contributed by atoms with Crippen LogP contribution in [0, 0.1) is 0 Å². The van der Waals surface area contributed by atoms with Crippen LogP contribution in [-0.2, 0) is 14.8 Å². The van der Waals surface area contributed by atoms with Crippen molar-refractivity contribution < 1.29 is 17.9 Å². The maximum absolute atomic E-state index is 13.3. The van der Waals surface area contributed by atoms with Gasteiger partial charge in [0, 0.05) is 0 Å². The molecule has 0 bridgehead atoms. The number of fused-ring (bicyclic) bond motifs is 1. The largest absolute Gasteiger partial charge is 0.476 e. The molecule has 2 heterocycles. The van der Waals surface area contributed by atoms with Crippen LogP contribution in [0.3, 0.4) is 0 Å². The van der Waals surface area contributed by atoms with Crippen molar-refractivity contribution in [1.29, 1.82) is 0 Å². The van der Waals surface area contributed by atoms with Gasteiger partial charge in [-0.05, 0) is 30.0 Å². The van der Waals surface area contributed by atoms with Gasteiger partial charge in [0.05, 0.1) is 17.1 Å². The quantitative estimate of drug-likeness (QED) is 0.443. The number of hydrogen-bond acceptors (Lipinski definition) is 8. The lowest BCUT2D eigenvalue weighted by molar-refractivity contribution is -0.122. The zero-order valence-corrected chi connectivity index (χ0v) is 18.3. The van der Waals surface area contributed by atoms with Gasteiger partial charge in [0.2, 0.25) is 5.13 Å². The molecule has 0 radical (unpaired) electrons. The zero-order valence-electron chi connectivity index (χ0n) is 15.9. The Bertz CT molecular complexity index is 1150. The number of thioether (sulfide) groups is 1. The normalized spacial score (nSPS) is 15.9. The third-order valence-corrected chi connectivity index (χ3v) is 7.91. The first-order valence-electron chi connectivity index (χ1n) is 9.09. The number of para-hydroxylation sites is 2. The Balaban J connectivity index is 1.61. The molecule has 0 saturated carbocycles. The molecule has 1 unspecified atom stereocenters. The lowest BCUT2D eigenvalue weighted by Gasteiger charge is -2.34. The summed E-state index contributed by atoms with van der Waals surface area (Å²) in [6.07, 6.45) is -1.04. The Morgan fingerprint density at radius 2 is 1.93 bits per heavy atom. The van der Waals surface area contributed by atoms with E-state index in [9.17, 15) is 13.2 Å². The van der Waals surface area contributed by atoms with Crippen LogP contribution in [0.1, 0.15) is 6.92 Å². The molecule has 0 fully saturated rings. The third-order valence-electron chi connectivity index (χ3n) is 4.26. The van der Waals surface area contributed by atoms with Gasteiger partial charge in [-0.25, -0.2) is 8.42 Å². The van der Waals surface area contributed by atoms with Crippen molar-refractivity contribution in [1.82, 2.24) is 10.2 Å². The Kier molecular flexibility index (Phi) is 5.93. The first kappa shape index (κ1) is 20.6.